The van der Waals surface area contributed by atoms with Crippen LogP contribution in [0.5, 0.6) is 5.75 Å². The number of thiophene rings is 1. The van der Waals surface area contributed by atoms with Gasteiger partial charge in [-0.15, -0.1) is 11.3 Å². The number of nitrogens with zero attached hydrogens (tertiary/aromatic N) is 1. The second-order valence-corrected chi connectivity index (χ2v) is 5.77. The van der Waals surface area contributed by atoms with Gasteiger partial charge >= 0.3 is 0 Å². The molecule has 0 aliphatic heterocycles. The third kappa shape index (κ3) is 4.43. The Morgan fingerprint density at radius 2 is 2.10 bits per heavy atom. The normalized spacial score (nSPS) is 10.8. The van der Waals surface area contributed by atoms with Crippen molar-refractivity contribution in [2.24, 2.45) is 5.10 Å². The molecule has 2 aromatic rings. The molecule has 1 amide bonds. The number of rotatable bonds is 5. The summed E-state index contributed by atoms with van der Waals surface area (Å²) in [5.74, 6) is 0.439. The van der Waals surface area contributed by atoms with Gasteiger partial charge in [0.05, 0.1) is 6.21 Å². The van der Waals surface area contributed by atoms with Crippen molar-refractivity contribution in [2.75, 3.05) is 6.61 Å². The highest BCUT2D eigenvalue weighted by Crippen LogP contribution is 2.18. The molecule has 0 saturated carbocycles. The third-order valence-corrected chi connectivity index (χ3v) is 3.92. The van der Waals surface area contributed by atoms with Gasteiger partial charge in [-0.05, 0) is 49.4 Å². The number of ether oxygens (including phenoxy) is 1. The minimum absolute atomic E-state index is 0.0509. The Hall–Kier alpha value is -2.14. The molecule has 0 bridgehead atoms. The first kappa shape index (κ1) is 15.3. The van der Waals surface area contributed by atoms with E-state index in [9.17, 15) is 4.79 Å². The Labute approximate surface area is 128 Å². The van der Waals surface area contributed by atoms with E-state index in [0.29, 0.717) is 5.75 Å². The van der Waals surface area contributed by atoms with Crippen LogP contribution in [0.3, 0.4) is 0 Å². The van der Waals surface area contributed by atoms with Crippen LogP contribution >= 0.6 is 11.3 Å². The van der Waals surface area contributed by atoms with Crippen LogP contribution in [0.15, 0.2) is 34.7 Å². The van der Waals surface area contributed by atoms with E-state index in [1.54, 1.807) is 17.6 Å². The van der Waals surface area contributed by atoms with Crippen molar-refractivity contribution in [1.82, 2.24) is 5.43 Å². The molecule has 110 valence electrons. The number of hydrazone groups is 1. The van der Waals surface area contributed by atoms with Crippen molar-refractivity contribution in [3.05, 3.63) is 51.2 Å². The van der Waals surface area contributed by atoms with Gasteiger partial charge in [0.2, 0.25) is 0 Å². The molecule has 0 saturated heterocycles. The fourth-order valence-corrected chi connectivity index (χ4v) is 2.60. The van der Waals surface area contributed by atoms with E-state index in [-0.39, 0.29) is 12.5 Å². The predicted octanol–water partition coefficient (Wildman–Crippen LogP) is 3.20. The Morgan fingerprint density at radius 1 is 1.29 bits per heavy atom. The molecule has 0 atom stereocenters. The average molecular weight is 302 g/mol. The predicted molar refractivity (Wildman–Crippen MR) is 86.2 cm³/mol. The van der Waals surface area contributed by atoms with E-state index in [1.807, 2.05) is 50.4 Å². The van der Waals surface area contributed by atoms with E-state index < -0.39 is 0 Å². The Kier molecular flexibility index (Phi) is 5.11. The van der Waals surface area contributed by atoms with Crippen LogP contribution in [-0.4, -0.2) is 18.7 Å². The van der Waals surface area contributed by atoms with Gasteiger partial charge in [0, 0.05) is 4.88 Å². The smallest absolute Gasteiger partial charge is 0.277 e. The van der Waals surface area contributed by atoms with Crippen LogP contribution in [0.4, 0.5) is 0 Å². The molecule has 1 aromatic carbocycles. The van der Waals surface area contributed by atoms with Crippen molar-refractivity contribution in [1.29, 1.82) is 0 Å². The van der Waals surface area contributed by atoms with Gasteiger partial charge < -0.3 is 4.74 Å². The molecule has 4 nitrogen and oxygen atoms in total. The standard InChI is InChI=1S/C16H18N2O2S/c1-11-4-5-14(13(3)8-11)20-10-16(19)18-17-9-15-12(2)6-7-21-15/h4-9H,10H2,1-3H3,(H,18,19)/b17-9+. The summed E-state index contributed by atoms with van der Waals surface area (Å²) in [5, 5.41) is 5.92. The summed E-state index contributed by atoms with van der Waals surface area (Å²) in [6, 6.07) is 7.86. The lowest BCUT2D eigenvalue weighted by Crippen LogP contribution is -2.24. The molecule has 1 N–H and O–H groups in total. The van der Waals surface area contributed by atoms with E-state index in [0.717, 1.165) is 16.0 Å². The Bertz CT molecular complexity index is 662. The van der Waals surface area contributed by atoms with Gasteiger partial charge in [-0.1, -0.05) is 17.7 Å². The van der Waals surface area contributed by atoms with Gasteiger partial charge in [-0.3, -0.25) is 4.79 Å². The summed E-state index contributed by atoms with van der Waals surface area (Å²) >= 11 is 1.58. The maximum atomic E-state index is 11.7. The molecule has 0 aliphatic carbocycles. The monoisotopic (exact) mass is 302 g/mol. The summed E-state index contributed by atoms with van der Waals surface area (Å²) in [5.41, 5.74) is 5.79. The van der Waals surface area contributed by atoms with Crippen LogP contribution in [0, 0.1) is 20.8 Å². The fraction of sp³-hybridized carbons (Fsp3) is 0.250. The zero-order valence-corrected chi connectivity index (χ0v) is 13.2. The minimum Gasteiger partial charge on any atom is -0.483 e. The summed E-state index contributed by atoms with van der Waals surface area (Å²) in [4.78, 5) is 12.7. The SMILES string of the molecule is Cc1ccc(OCC(=O)N/N=C/c2sccc2C)c(C)c1. The molecule has 5 heteroatoms. The molecule has 1 heterocycles. The third-order valence-electron chi connectivity index (χ3n) is 2.96. The summed E-state index contributed by atoms with van der Waals surface area (Å²) < 4.78 is 5.48. The molecule has 1 aromatic heterocycles. The largest absolute Gasteiger partial charge is 0.483 e. The zero-order chi connectivity index (χ0) is 15.2. The van der Waals surface area contributed by atoms with Gasteiger partial charge in [0.15, 0.2) is 6.61 Å². The van der Waals surface area contributed by atoms with E-state index in [4.69, 9.17) is 4.74 Å². The minimum atomic E-state index is -0.277. The summed E-state index contributed by atoms with van der Waals surface area (Å²) in [6.07, 6.45) is 1.65. The first-order valence-electron chi connectivity index (χ1n) is 6.62. The van der Waals surface area contributed by atoms with Crippen LogP contribution in [0.25, 0.3) is 0 Å². The Balaban J connectivity index is 1.82. The maximum Gasteiger partial charge on any atom is 0.277 e. The number of aryl methyl sites for hydroxylation is 3. The van der Waals surface area contributed by atoms with Crippen molar-refractivity contribution >= 4 is 23.5 Å². The van der Waals surface area contributed by atoms with Crippen LogP contribution < -0.4 is 10.2 Å². The molecule has 0 unspecified atom stereocenters. The molecular weight excluding hydrogens is 284 g/mol. The second kappa shape index (κ2) is 7.04. The average Bonchev–Trinajstić information content (AvgIpc) is 2.83. The Morgan fingerprint density at radius 3 is 2.76 bits per heavy atom. The number of nitrogens with one attached hydrogen (secondary N) is 1. The number of carbonyl (C=O) groups is 1. The van der Waals surface area contributed by atoms with Crippen LogP contribution in [0.2, 0.25) is 0 Å². The number of carbonyl (C=O) groups excluding carboxylic acids is 1. The highest BCUT2D eigenvalue weighted by atomic mass is 32.1. The van der Waals surface area contributed by atoms with Crippen molar-refractivity contribution in [3.8, 4) is 5.75 Å². The molecule has 2 rings (SSSR count). The van der Waals surface area contributed by atoms with Crippen LogP contribution in [0.1, 0.15) is 21.6 Å². The number of amides is 1. The highest BCUT2D eigenvalue weighted by molar-refractivity contribution is 7.11. The first-order valence-corrected chi connectivity index (χ1v) is 7.50. The molecule has 0 fully saturated rings. The lowest BCUT2D eigenvalue weighted by atomic mass is 10.1. The molecule has 0 spiro atoms. The summed E-state index contributed by atoms with van der Waals surface area (Å²) in [6.45, 7) is 5.93. The molecule has 0 radical (unpaired) electrons. The van der Waals surface area contributed by atoms with E-state index >= 15 is 0 Å². The van der Waals surface area contributed by atoms with Crippen molar-refractivity contribution in [2.45, 2.75) is 20.8 Å². The summed E-state index contributed by atoms with van der Waals surface area (Å²) in [7, 11) is 0. The highest BCUT2D eigenvalue weighted by Gasteiger charge is 2.04. The molecule has 21 heavy (non-hydrogen) atoms. The molecular formula is C16H18N2O2S. The van der Waals surface area contributed by atoms with Crippen molar-refractivity contribution < 1.29 is 9.53 Å². The van der Waals surface area contributed by atoms with Gasteiger partial charge in [0.1, 0.15) is 5.75 Å². The second-order valence-electron chi connectivity index (χ2n) is 4.82. The number of benzene rings is 1. The number of hydrogen-bond donors (Lipinski definition) is 1. The topological polar surface area (TPSA) is 50.7 Å². The van der Waals surface area contributed by atoms with E-state index in [2.05, 4.69) is 10.5 Å². The first-order chi connectivity index (χ1) is 10.1. The lowest BCUT2D eigenvalue weighted by Gasteiger charge is -2.08. The number of hydrogen-bond acceptors (Lipinski definition) is 4. The van der Waals surface area contributed by atoms with Gasteiger partial charge in [0.25, 0.3) is 5.91 Å². The van der Waals surface area contributed by atoms with Gasteiger partial charge in [-0.25, -0.2) is 5.43 Å². The van der Waals surface area contributed by atoms with E-state index in [1.165, 1.54) is 5.56 Å². The lowest BCUT2D eigenvalue weighted by molar-refractivity contribution is -0.123. The maximum absolute atomic E-state index is 11.7. The quantitative estimate of drug-likeness (QED) is 0.681. The molecule has 0 aliphatic rings. The van der Waals surface area contributed by atoms with Crippen molar-refractivity contribution in [3.63, 3.8) is 0 Å². The van der Waals surface area contributed by atoms with Crippen LogP contribution in [-0.2, 0) is 4.79 Å². The van der Waals surface area contributed by atoms with Gasteiger partial charge in [-0.2, -0.15) is 5.10 Å². The zero-order valence-electron chi connectivity index (χ0n) is 12.3. The fourth-order valence-electron chi connectivity index (χ4n) is 1.82.